The molecule has 1 aromatic heterocycles. The molecule has 0 saturated carbocycles. The minimum atomic E-state index is -4.04. The average molecular weight is 400 g/mol. The van der Waals surface area contributed by atoms with Crippen molar-refractivity contribution < 1.29 is 13.3 Å². The Balaban J connectivity index is 1.81. The summed E-state index contributed by atoms with van der Waals surface area (Å²) in [5.74, 6) is 0.641. The highest BCUT2D eigenvalue weighted by molar-refractivity contribution is 7.89. The number of nitrogens with two attached hydrogens (primary N) is 1. The molecule has 144 valence electrons. The predicted molar refractivity (Wildman–Crippen MR) is 104 cm³/mol. The van der Waals surface area contributed by atoms with Gasteiger partial charge in [-0.05, 0) is 43.3 Å². The van der Waals surface area contributed by atoms with Crippen molar-refractivity contribution >= 4 is 38.6 Å². The molecule has 0 atom stereocenters. The minimum Gasteiger partial charge on any atom is -0.350 e. The summed E-state index contributed by atoms with van der Waals surface area (Å²) in [7, 11) is -4.04. The summed E-state index contributed by atoms with van der Waals surface area (Å²) in [5.41, 5.74) is 1.92. The maximum Gasteiger partial charge on any atom is 0.294 e. The Bertz CT molecular complexity index is 1130. The van der Waals surface area contributed by atoms with Gasteiger partial charge in [0.25, 0.3) is 5.69 Å². The highest BCUT2D eigenvalue weighted by atomic mass is 32.2. The molecule has 0 aliphatic rings. The zero-order chi connectivity index (χ0) is 20.3. The highest BCUT2D eigenvalue weighted by Gasteiger charge is 2.19. The molecule has 0 amide bonds. The van der Waals surface area contributed by atoms with Gasteiger partial charge in [0, 0.05) is 29.2 Å². The fourth-order valence-corrected chi connectivity index (χ4v) is 2.94. The van der Waals surface area contributed by atoms with Crippen LogP contribution in [0.3, 0.4) is 0 Å². The number of aryl methyl sites for hydroxylation is 1. The van der Waals surface area contributed by atoms with Crippen LogP contribution in [0.4, 0.5) is 28.6 Å². The van der Waals surface area contributed by atoms with Gasteiger partial charge < -0.3 is 10.6 Å². The third-order valence-electron chi connectivity index (χ3n) is 3.73. The summed E-state index contributed by atoms with van der Waals surface area (Å²) in [4.78, 5) is 18.4. The lowest BCUT2D eigenvalue weighted by molar-refractivity contribution is -0.384. The van der Waals surface area contributed by atoms with E-state index in [1.165, 1.54) is 18.5 Å². The molecule has 0 radical (unpaired) electrons. The van der Waals surface area contributed by atoms with Crippen molar-refractivity contribution in [3.8, 4) is 0 Å². The Labute approximate surface area is 160 Å². The lowest BCUT2D eigenvalue weighted by Gasteiger charge is -2.10. The summed E-state index contributed by atoms with van der Waals surface area (Å²) in [6, 6.07) is 12.2. The Morgan fingerprint density at radius 3 is 2.21 bits per heavy atom. The van der Waals surface area contributed by atoms with E-state index in [1.54, 1.807) is 30.3 Å². The first-order chi connectivity index (χ1) is 13.2. The molecule has 0 unspecified atom stereocenters. The Kier molecular flexibility index (Phi) is 5.20. The molecular weight excluding hydrogens is 384 g/mol. The van der Waals surface area contributed by atoms with E-state index in [4.69, 9.17) is 5.14 Å². The molecule has 2 aromatic carbocycles. The summed E-state index contributed by atoms with van der Waals surface area (Å²) >= 11 is 0. The number of anilines is 4. The molecule has 1 heterocycles. The molecular formula is C17H16N6O4S. The SMILES string of the molecule is Cc1cc(Nc2ccc(Nc3ccc(S(N)(=O)=O)cc3[N+](=O)[O-])cc2)ncn1. The number of benzene rings is 2. The average Bonchev–Trinajstić information content (AvgIpc) is 2.62. The normalized spacial score (nSPS) is 11.1. The van der Waals surface area contributed by atoms with Gasteiger partial charge in [-0.15, -0.1) is 0 Å². The van der Waals surface area contributed by atoms with Gasteiger partial charge in [-0.1, -0.05) is 0 Å². The fraction of sp³-hybridized carbons (Fsp3) is 0.0588. The van der Waals surface area contributed by atoms with E-state index in [0.717, 1.165) is 17.4 Å². The van der Waals surface area contributed by atoms with Gasteiger partial charge in [0.05, 0.1) is 9.82 Å². The van der Waals surface area contributed by atoms with E-state index in [1.807, 2.05) is 6.92 Å². The molecule has 0 saturated heterocycles. The van der Waals surface area contributed by atoms with Gasteiger partial charge in [-0.25, -0.2) is 23.5 Å². The zero-order valence-electron chi connectivity index (χ0n) is 14.7. The number of hydrogen-bond acceptors (Lipinski definition) is 8. The summed E-state index contributed by atoms with van der Waals surface area (Å²) in [6.07, 6.45) is 1.46. The number of primary sulfonamides is 1. The van der Waals surface area contributed by atoms with Gasteiger partial charge in [-0.3, -0.25) is 10.1 Å². The molecule has 3 aromatic rings. The zero-order valence-corrected chi connectivity index (χ0v) is 15.5. The number of sulfonamides is 1. The van der Waals surface area contributed by atoms with Crippen LogP contribution in [0.15, 0.2) is 59.8 Å². The molecule has 0 fully saturated rings. The van der Waals surface area contributed by atoms with Gasteiger partial charge in [0.1, 0.15) is 17.8 Å². The Morgan fingerprint density at radius 2 is 1.64 bits per heavy atom. The molecule has 0 aliphatic carbocycles. The largest absolute Gasteiger partial charge is 0.350 e. The van der Waals surface area contributed by atoms with Gasteiger partial charge >= 0.3 is 0 Å². The van der Waals surface area contributed by atoms with Crippen molar-refractivity contribution in [1.82, 2.24) is 9.97 Å². The molecule has 0 aliphatic heterocycles. The van der Waals surface area contributed by atoms with Crippen LogP contribution in [0.1, 0.15) is 5.69 Å². The maximum atomic E-state index is 11.4. The van der Waals surface area contributed by atoms with E-state index >= 15 is 0 Å². The molecule has 3 rings (SSSR count). The van der Waals surface area contributed by atoms with Crippen LogP contribution >= 0.6 is 0 Å². The van der Waals surface area contributed by atoms with Crippen LogP contribution in [0, 0.1) is 17.0 Å². The standard InChI is InChI=1S/C17H16N6O4S/c1-11-8-17(20-10-19-11)22-13-4-2-12(3-5-13)21-15-7-6-14(28(18,26)27)9-16(15)23(24)25/h2-10,21H,1H3,(H2,18,26,27)(H,19,20,22). The second-order valence-electron chi connectivity index (χ2n) is 5.85. The monoisotopic (exact) mass is 400 g/mol. The third-order valence-corrected chi connectivity index (χ3v) is 4.65. The lowest BCUT2D eigenvalue weighted by Crippen LogP contribution is -2.12. The van der Waals surface area contributed by atoms with E-state index in [-0.39, 0.29) is 10.6 Å². The third kappa shape index (κ3) is 4.58. The van der Waals surface area contributed by atoms with E-state index in [0.29, 0.717) is 11.5 Å². The lowest BCUT2D eigenvalue weighted by atomic mass is 10.2. The van der Waals surface area contributed by atoms with Gasteiger partial charge in [-0.2, -0.15) is 0 Å². The van der Waals surface area contributed by atoms with Crippen molar-refractivity contribution in [2.45, 2.75) is 11.8 Å². The second-order valence-corrected chi connectivity index (χ2v) is 7.41. The Hall–Kier alpha value is -3.57. The number of nitrogens with one attached hydrogen (secondary N) is 2. The van der Waals surface area contributed by atoms with Crippen molar-refractivity contribution in [1.29, 1.82) is 0 Å². The molecule has 11 heteroatoms. The Morgan fingerprint density at radius 1 is 1.00 bits per heavy atom. The molecule has 4 N–H and O–H groups in total. The number of nitro benzene ring substituents is 1. The number of aromatic nitrogens is 2. The quantitative estimate of drug-likeness (QED) is 0.422. The van der Waals surface area contributed by atoms with E-state index in [9.17, 15) is 18.5 Å². The first-order valence-corrected chi connectivity index (χ1v) is 9.51. The van der Waals surface area contributed by atoms with Crippen LogP contribution in [0.25, 0.3) is 0 Å². The molecule has 10 nitrogen and oxygen atoms in total. The summed E-state index contributed by atoms with van der Waals surface area (Å²) < 4.78 is 22.8. The van der Waals surface area contributed by atoms with Gasteiger partial charge in [0.15, 0.2) is 0 Å². The molecule has 0 bridgehead atoms. The van der Waals surface area contributed by atoms with Crippen molar-refractivity contribution in [2.24, 2.45) is 5.14 Å². The minimum absolute atomic E-state index is 0.143. The highest BCUT2D eigenvalue weighted by Crippen LogP contribution is 2.30. The van der Waals surface area contributed by atoms with Crippen molar-refractivity contribution in [3.63, 3.8) is 0 Å². The number of rotatable bonds is 6. The van der Waals surface area contributed by atoms with Crippen LogP contribution < -0.4 is 15.8 Å². The molecule has 28 heavy (non-hydrogen) atoms. The summed E-state index contributed by atoms with van der Waals surface area (Å²) in [6.45, 7) is 1.86. The first-order valence-electron chi connectivity index (χ1n) is 7.96. The number of nitrogens with zero attached hydrogens (tertiary/aromatic N) is 3. The van der Waals surface area contributed by atoms with Gasteiger partial charge in [0.2, 0.25) is 10.0 Å². The van der Waals surface area contributed by atoms with Crippen LogP contribution in [0.2, 0.25) is 0 Å². The van der Waals surface area contributed by atoms with Crippen LogP contribution in [-0.4, -0.2) is 23.3 Å². The van der Waals surface area contributed by atoms with E-state index < -0.39 is 20.6 Å². The smallest absolute Gasteiger partial charge is 0.294 e. The van der Waals surface area contributed by atoms with Crippen LogP contribution in [0.5, 0.6) is 0 Å². The first kappa shape index (κ1) is 19.2. The number of hydrogen-bond donors (Lipinski definition) is 3. The predicted octanol–water partition coefficient (Wildman–Crippen LogP) is 2.83. The topological polar surface area (TPSA) is 153 Å². The van der Waals surface area contributed by atoms with Crippen LogP contribution in [-0.2, 0) is 10.0 Å². The fourth-order valence-electron chi connectivity index (χ4n) is 2.41. The summed E-state index contributed by atoms with van der Waals surface area (Å²) in [5, 5.41) is 22.3. The van der Waals surface area contributed by atoms with Crippen molar-refractivity contribution in [2.75, 3.05) is 10.6 Å². The van der Waals surface area contributed by atoms with E-state index in [2.05, 4.69) is 20.6 Å². The second kappa shape index (κ2) is 7.58. The maximum absolute atomic E-state index is 11.4. The number of nitro groups is 1. The molecule has 0 spiro atoms. The van der Waals surface area contributed by atoms with Crippen molar-refractivity contribution in [3.05, 3.63) is 70.7 Å².